The summed E-state index contributed by atoms with van der Waals surface area (Å²) in [5, 5.41) is 8.56. The van der Waals surface area contributed by atoms with Crippen molar-refractivity contribution in [3.05, 3.63) is 0 Å². The molecular formula is C10H19NO4. The topological polar surface area (TPSA) is 59.0 Å². The van der Waals surface area contributed by atoms with E-state index in [1.165, 1.54) is 0 Å². The number of hydrogen-bond acceptors (Lipinski definition) is 4. The molecule has 1 aliphatic heterocycles. The monoisotopic (exact) mass is 217 g/mol. The number of hydrogen-bond donors (Lipinski definition) is 1. The summed E-state index contributed by atoms with van der Waals surface area (Å²) in [6, 6.07) is 0. The Morgan fingerprint density at radius 1 is 1.53 bits per heavy atom. The minimum Gasteiger partial charge on any atom is -0.394 e. The van der Waals surface area contributed by atoms with Crippen LogP contribution in [-0.2, 0) is 14.3 Å². The lowest BCUT2D eigenvalue weighted by Crippen LogP contribution is -2.38. The molecule has 0 radical (unpaired) electrons. The Bertz CT molecular complexity index is 210. The highest BCUT2D eigenvalue weighted by atomic mass is 16.7. The van der Waals surface area contributed by atoms with Gasteiger partial charge in [0, 0.05) is 13.0 Å². The molecule has 0 aromatic carbocycles. The number of carbonyl (C=O) groups excluding carboxylic acids is 1. The summed E-state index contributed by atoms with van der Waals surface area (Å²) in [6.07, 6.45) is 0.854. The Labute approximate surface area is 90.0 Å². The van der Waals surface area contributed by atoms with Crippen LogP contribution in [0, 0.1) is 0 Å². The van der Waals surface area contributed by atoms with E-state index in [1.54, 1.807) is 11.8 Å². The molecule has 1 fully saturated rings. The third-order valence-electron chi connectivity index (χ3n) is 2.38. The van der Waals surface area contributed by atoms with Gasteiger partial charge in [0.15, 0.2) is 6.29 Å². The molecule has 88 valence electrons. The average molecular weight is 217 g/mol. The third kappa shape index (κ3) is 3.77. The smallest absolute Gasteiger partial charge is 0.224 e. The van der Waals surface area contributed by atoms with Crippen LogP contribution in [0.15, 0.2) is 0 Å². The molecule has 0 saturated carbocycles. The summed E-state index contributed by atoms with van der Waals surface area (Å²) < 4.78 is 10.6. The van der Waals surface area contributed by atoms with Crippen molar-refractivity contribution < 1.29 is 19.4 Å². The number of aliphatic hydroxyl groups excluding tert-OH is 1. The summed E-state index contributed by atoms with van der Waals surface area (Å²) >= 11 is 0. The quantitative estimate of drug-likeness (QED) is 0.651. The highest BCUT2D eigenvalue weighted by Crippen LogP contribution is 2.15. The Morgan fingerprint density at radius 2 is 2.27 bits per heavy atom. The maximum atomic E-state index is 11.4. The number of aliphatic hydroxyl groups is 1. The minimum atomic E-state index is -0.402. The molecule has 1 N–H and O–H groups in total. The largest absolute Gasteiger partial charge is 0.394 e. The number of nitrogens with zero attached hydrogens (tertiary/aromatic N) is 1. The second-order valence-electron chi connectivity index (χ2n) is 3.59. The van der Waals surface area contributed by atoms with Crippen LogP contribution in [0.5, 0.6) is 0 Å². The van der Waals surface area contributed by atoms with Gasteiger partial charge in [0.2, 0.25) is 5.91 Å². The van der Waals surface area contributed by atoms with Crippen molar-refractivity contribution in [3.8, 4) is 0 Å². The van der Waals surface area contributed by atoms with Crippen molar-refractivity contribution in [2.45, 2.75) is 39.2 Å². The van der Waals surface area contributed by atoms with Crippen LogP contribution in [0.25, 0.3) is 0 Å². The zero-order chi connectivity index (χ0) is 11.3. The molecule has 1 rings (SSSR count). The zero-order valence-corrected chi connectivity index (χ0v) is 9.31. The molecule has 0 aliphatic carbocycles. The van der Waals surface area contributed by atoms with Gasteiger partial charge in [-0.1, -0.05) is 0 Å². The van der Waals surface area contributed by atoms with Crippen molar-refractivity contribution in [2.75, 3.05) is 19.8 Å². The van der Waals surface area contributed by atoms with Crippen molar-refractivity contribution in [3.63, 3.8) is 0 Å². The van der Waals surface area contributed by atoms with Gasteiger partial charge in [0.1, 0.15) is 6.23 Å². The molecule has 1 saturated heterocycles. The summed E-state index contributed by atoms with van der Waals surface area (Å²) in [6.45, 7) is 4.58. The van der Waals surface area contributed by atoms with Crippen LogP contribution in [-0.4, -0.2) is 48.2 Å². The highest BCUT2D eigenvalue weighted by Gasteiger charge is 2.26. The summed E-state index contributed by atoms with van der Waals surface area (Å²) in [7, 11) is 0. The zero-order valence-electron chi connectivity index (χ0n) is 9.31. The van der Waals surface area contributed by atoms with Gasteiger partial charge in [0.25, 0.3) is 0 Å². The standard InChI is InChI=1S/C10H19NO4/c1-8(11-5-3-4-10(11)13)15-9(2)14-7-6-12/h8-9,12H,3-7H2,1-2H3. The fourth-order valence-corrected chi connectivity index (χ4v) is 1.66. The number of rotatable bonds is 6. The molecule has 2 atom stereocenters. The molecule has 1 heterocycles. The van der Waals surface area contributed by atoms with Crippen LogP contribution in [0.1, 0.15) is 26.7 Å². The highest BCUT2D eigenvalue weighted by molar-refractivity contribution is 5.78. The van der Waals surface area contributed by atoms with E-state index >= 15 is 0 Å². The molecule has 1 aliphatic rings. The summed E-state index contributed by atoms with van der Waals surface area (Å²) in [4.78, 5) is 13.1. The predicted octanol–water partition coefficient (Wildman–Crippen LogP) is 0.326. The van der Waals surface area contributed by atoms with Gasteiger partial charge in [-0.3, -0.25) is 4.79 Å². The van der Waals surface area contributed by atoms with Gasteiger partial charge in [-0.2, -0.15) is 0 Å². The molecule has 0 aromatic heterocycles. The van der Waals surface area contributed by atoms with Crippen molar-refractivity contribution in [1.29, 1.82) is 0 Å². The molecule has 1 amide bonds. The van der Waals surface area contributed by atoms with Gasteiger partial charge < -0.3 is 19.5 Å². The first-order valence-electron chi connectivity index (χ1n) is 5.32. The van der Waals surface area contributed by atoms with Crippen LogP contribution in [0.4, 0.5) is 0 Å². The predicted molar refractivity (Wildman–Crippen MR) is 54.0 cm³/mol. The second kappa shape index (κ2) is 6.05. The first kappa shape index (κ1) is 12.4. The second-order valence-corrected chi connectivity index (χ2v) is 3.59. The van der Waals surface area contributed by atoms with Gasteiger partial charge in [-0.15, -0.1) is 0 Å². The molecule has 15 heavy (non-hydrogen) atoms. The first-order valence-corrected chi connectivity index (χ1v) is 5.32. The SMILES string of the molecule is CC(OCCO)OC(C)N1CCCC1=O. The maximum Gasteiger partial charge on any atom is 0.224 e. The van der Waals surface area contributed by atoms with Crippen LogP contribution < -0.4 is 0 Å². The van der Waals surface area contributed by atoms with Gasteiger partial charge in [-0.05, 0) is 20.3 Å². The Kier molecular flexibility index (Phi) is 5.01. The van der Waals surface area contributed by atoms with E-state index in [4.69, 9.17) is 14.6 Å². The number of amides is 1. The number of likely N-dealkylation sites (tertiary alicyclic amines) is 1. The lowest BCUT2D eigenvalue weighted by Gasteiger charge is -2.27. The summed E-state index contributed by atoms with van der Waals surface area (Å²) in [5.74, 6) is 0.136. The molecule has 5 heteroatoms. The van der Waals surface area contributed by atoms with E-state index in [1.807, 2.05) is 6.92 Å². The molecule has 5 nitrogen and oxygen atoms in total. The first-order chi connectivity index (χ1) is 7.15. The van der Waals surface area contributed by atoms with E-state index in [9.17, 15) is 4.79 Å². The molecule has 0 aromatic rings. The Balaban J connectivity index is 2.27. The minimum absolute atomic E-state index is 0.0231. The van der Waals surface area contributed by atoms with Gasteiger partial charge in [0.05, 0.1) is 13.2 Å². The van der Waals surface area contributed by atoms with Crippen molar-refractivity contribution >= 4 is 5.91 Å². The van der Waals surface area contributed by atoms with Crippen LogP contribution in [0.3, 0.4) is 0 Å². The fraction of sp³-hybridized carbons (Fsp3) is 0.900. The van der Waals surface area contributed by atoms with Crippen LogP contribution in [0.2, 0.25) is 0 Å². The van der Waals surface area contributed by atoms with Gasteiger partial charge >= 0.3 is 0 Å². The molecule has 2 unspecified atom stereocenters. The normalized spacial score (nSPS) is 20.7. The molecule has 0 bridgehead atoms. The fourth-order valence-electron chi connectivity index (χ4n) is 1.66. The lowest BCUT2D eigenvalue weighted by molar-refractivity contribution is -0.195. The van der Waals surface area contributed by atoms with Crippen LogP contribution >= 0.6 is 0 Å². The van der Waals surface area contributed by atoms with Crippen molar-refractivity contribution in [2.24, 2.45) is 0 Å². The van der Waals surface area contributed by atoms with E-state index in [-0.39, 0.29) is 25.3 Å². The molecule has 0 spiro atoms. The van der Waals surface area contributed by atoms with E-state index < -0.39 is 6.29 Å². The Hall–Kier alpha value is -0.650. The van der Waals surface area contributed by atoms with Crippen molar-refractivity contribution in [1.82, 2.24) is 4.90 Å². The van der Waals surface area contributed by atoms with E-state index in [0.717, 1.165) is 13.0 Å². The Morgan fingerprint density at radius 3 is 2.80 bits per heavy atom. The lowest BCUT2D eigenvalue weighted by atomic mass is 10.4. The summed E-state index contributed by atoms with van der Waals surface area (Å²) in [5.41, 5.74) is 0. The third-order valence-corrected chi connectivity index (χ3v) is 2.38. The maximum absolute atomic E-state index is 11.4. The van der Waals surface area contributed by atoms with E-state index in [2.05, 4.69) is 0 Å². The van der Waals surface area contributed by atoms with E-state index in [0.29, 0.717) is 6.42 Å². The number of ether oxygens (including phenoxy) is 2. The van der Waals surface area contributed by atoms with Gasteiger partial charge in [-0.25, -0.2) is 0 Å². The molecular weight excluding hydrogens is 198 g/mol. The average Bonchev–Trinajstić information content (AvgIpc) is 2.61. The number of carbonyl (C=O) groups is 1.